The number of rotatable bonds is 4. The lowest BCUT2D eigenvalue weighted by Crippen LogP contribution is -2.14. The molecule has 1 heterocycles. The summed E-state index contributed by atoms with van der Waals surface area (Å²) in [4.78, 5) is 22.4. The number of nitrogens with zero attached hydrogens (tertiary/aromatic N) is 3. The Hall–Kier alpha value is -3.73. The van der Waals surface area contributed by atoms with E-state index in [2.05, 4.69) is 9.97 Å². The van der Waals surface area contributed by atoms with Gasteiger partial charge in [0.05, 0.1) is 16.8 Å². The lowest BCUT2D eigenvalue weighted by Gasteiger charge is -2.27. The number of hydrogen-bond acceptors (Lipinski definition) is 4. The van der Waals surface area contributed by atoms with Crippen molar-refractivity contribution in [1.82, 2.24) is 9.97 Å². The van der Waals surface area contributed by atoms with Crippen LogP contribution in [0.2, 0.25) is 0 Å². The average Bonchev–Trinajstić information content (AvgIpc) is 2.70. The molecule has 0 atom stereocenters. The Labute approximate surface area is 156 Å². The van der Waals surface area contributed by atoms with Crippen LogP contribution in [0.1, 0.15) is 15.9 Å². The highest BCUT2D eigenvalue weighted by Gasteiger charge is 2.19. The molecule has 5 nitrogen and oxygen atoms in total. The number of fused-ring (bicyclic) bond motifs is 1. The molecule has 4 rings (SSSR count). The van der Waals surface area contributed by atoms with Crippen LogP contribution in [0.5, 0.6) is 0 Å². The van der Waals surface area contributed by atoms with Crippen molar-refractivity contribution < 1.29 is 9.90 Å². The molecule has 0 unspecified atom stereocenters. The van der Waals surface area contributed by atoms with Gasteiger partial charge in [-0.15, -0.1) is 0 Å². The van der Waals surface area contributed by atoms with Crippen molar-refractivity contribution in [3.05, 3.63) is 90.3 Å². The van der Waals surface area contributed by atoms with Crippen LogP contribution in [0, 0.1) is 6.92 Å². The molecule has 27 heavy (non-hydrogen) atoms. The molecule has 0 spiro atoms. The summed E-state index contributed by atoms with van der Waals surface area (Å²) in [6, 6.07) is 22.6. The molecule has 0 fully saturated rings. The number of hydrogen-bond donors (Lipinski definition) is 1. The Morgan fingerprint density at radius 3 is 2.52 bits per heavy atom. The van der Waals surface area contributed by atoms with Crippen LogP contribution >= 0.6 is 0 Å². The monoisotopic (exact) mass is 355 g/mol. The third-order valence-electron chi connectivity index (χ3n) is 4.44. The molecule has 0 amide bonds. The minimum absolute atomic E-state index is 0.226. The first-order valence-electron chi connectivity index (χ1n) is 8.54. The quantitative estimate of drug-likeness (QED) is 0.551. The van der Waals surface area contributed by atoms with E-state index in [-0.39, 0.29) is 5.56 Å². The number of carboxylic acid groups (broad SMARTS) is 1. The second-order valence-electron chi connectivity index (χ2n) is 6.19. The van der Waals surface area contributed by atoms with Crippen molar-refractivity contribution >= 4 is 34.1 Å². The maximum Gasteiger partial charge on any atom is 0.335 e. The molecule has 0 aliphatic rings. The number of aromatic nitrogens is 2. The molecule has 4 aromatic rings. The predicted molar refractivity (Wildman–Crippen MR) is 106 cm³/mol. The first kappa shape index (κ1) is 16.7. The van der Waals surface area contributed by atoms with E-state index in [1.165, 1.54) is 6.33 Å². The highest BCUT2D eigenvalue weighted by Crippen LogP contribution is 2.38. The van der Waals surface area contributed by atoms with Gasteiger partial charge in [-0.05, 0) is 48.9 Å². The van der Waals surface area contributed by atoms with E-state index in [0.717, 1.165) is 27.8 Å². The van der Waals surface area contributed by atoms with Gasteiger partial charge in [0.1, 0.15) is 12.1 Å². The molecule has 0 radical (unpaired) electrons. The third kappa shape index (κ3) is 3.11. The predicted octanol–water partition coefficient (Wildman–Crippen LogP) is 5.11. The van der Waals surface area contributed by atoms with Crippen LogP contribution in [0.3, 0.4) is 0 Å². The fourth-order valence-corrected chi connectivity index (χ4v) is 3.14. The fraction of sp³-hybridized carbons (Fsp3) is 0.0455. The molecule has 0 saturated carbocycles. The van der Waals surface area contributed by atoms with E-state index in [4.69, 9.17) is 0 Å². The molecule has 0 bridgehead atoms. The lowest BCUT2D eigenvalue weighted by molar-refractivity contribution is 0.0697. The van der Waals surface area contributed by atoms with Gasteiger partial charge in [-0.1, -0.05) is 36.4 Å². The van der Waals surface area contributed by atoms with Gasteiger partial charge in [0.2, 0.25) is 0 Å². The molecular formula is C22H17N3O2. The zero-order chi connectivity index (χ0) is 18.8. The molecule has 3 aromatic carbocycles. The number of benzene rings is 3. The average molecular weight is 355 g/mol. The molecular weight excluding hydrogens is 338 g/mol. The number of anilines is 3. The maximum atomic E-state index is 11.5. The first-order chi connectivity index (χ1) is 13.1. The van der Waals surface area contributed by atoms with Crippen LogP contribution in [0.15, 0.2) is 79.1 Å². The molecule has 0 aliphatic heterocycles. The van der Waals surface area contributed by atoms with E-state index >= 15 is 0 Å². The van der Waals surface area contributed by atoms with Gasteiger partial charge in [0.25, 0.3) is 0 Å². The Morgan fingerprint density at radius 1 is 0.926 bits per heavy atom. The van der Waals surface area contributed by atoms with Gasteiger partial charge in [0.15, 0.2) is 0 Å². The Bertz CT molecular complexity index is 1140. The number of carboxylic acids is 1. The minimum atomic E-state index is -0.964. The van der Waals surface area contributed by atoms with Gasteiger partial charge < -0.3 is 5.11 Å². The second-order valence-corrected chi connectivity index (χ2v) is 6.19. The van der Waals surface area contributed by atoms with E-state index in [1.807, 2.05) is 66.4 Å². The molecule has 1 N–H and O–H groups in total. The summed E-state index contributed by atoms with van der Waals surface area (Å²) in [7, 11) is 0. The second kappa shape index (κ2) is 6.88. The fourth-order valence-electron chi connectivity index (χ4n) is 3.14. The molecule has 0 saturated heterocycles. The van der Waals surface area contributed by atoms with Crippen molar-refractivity contribution in [2.75, 3.05) is 4.90 Å². The highest BCUT2D eigenvalue weighted by molar-refractivity contribution is 5.96. The molecule has 1 aromatic heterocycles. The highest BCUT2D eigenvalue weighted by atomic mass is 16.4. The smallest absolute Gasteiger partial charge is 0.335 e. The summed E-state index contributed by atoms with van der Waals surface area (Å²) in [6.07, 6.45) is 1.53. The van der Waals surface area contributed by atoms with Crippen molar-refractivity contribution in [1.29, 1.82) is 0 Å². The van der Waals surface area contributed by atoms with E-state index < -0.39 is 5.97 Å². The number of carbonyl (C=O) groups is 1. The lowest BCUT2D eigenvalue weighted by atomic mass is 10.1. The number of aryl methyl sites for hydroxylation is 1. The summed E-state index contributed by atoms with van der Waals surface area (Å²) in [6.45, 7) is 2.02. The number of para-hydroxylation sites is 2. The van der Waals surface area contributed by atoms with Gasteiger partial charge in [-0.3, -0.25) is 4.90 Å². The van der Waals surface area contributed by atoms with Crippen molar-refractivity contribution in [2.45, 2.75) is 6.92 Å². The minimum Gasteiger partial charge on any atom is -0.478 e. The van der Waals surface area contributed by atoms with Gasteiger partial charge in [0, 0.05) is 11.1 Å². The Morgan fingerprint density at radius 2 is 1.70 bits per heavy atom. The Kier molecular flexibility index (Phi) is 4.26. The summed E-state index contributed by atoms with van der Waals surface area (Å²) < 4.78 is 0. The molecule has 5 heteroatoms. The molecule has 132 valence electrons. The van der Waals surface area contributed by atoms with E-state index in [9.17, 15) is 9.90 Å². The van der Waals surface area contributed by atoms with Gasteiger partial charge >= 0.3 is 5.97 Å². The standard InChI is InChI=1S/C22H17N3O2/c1-15-7-2-5-12-20(15)25(17-9-6-8-16(13-17)22(26)27)21-18-10-3-4-11-19(18)23-14-24-21/h2-14H,1H3,(H,26,27). The summed E-state index contributed by atoms with van der Waals surface area (Å²) in [5.41, 5.74) is 3.78. The largest absolute Gasteiger partial charge is 0.478 e. The third-order valence-corrected chi connectivity index (χ3v) is 4.44. The van der Waals surface area contributed by atoms with E-state index in [0.29, 0.717) is 5.82 Å². The zero-order valence-electron chi connectivity index (χ0n) is 14.7. The van der Waals surface area contributed by atoms with Gasteiger partial charge in [-0.2, -0.15) is 0 Å². The maximum absolute atomic E-state index is 11.5. The summed E-state index contributed by atoms with van der Waals surface area (Å²) in [5, 5.41) is 10.3. The van der Waals surface area contributed by atoms with Crippen LogP contribution in [-0.2, 0) is 0 Å². The van der Waals surface area contributed by atoms with Crippen LogP contribution < -0.4 is 4.90 Å². The van der Waals surface area contributed by atoms with Gasteiger partial charge in [-0.25, -0.2) is 14.8 Å². The topological polar surface area (TPSA) is 66.3 Å². The van der Waals surface area contributed by atoms with Crippen molar-refractivity contribution in [3.8, 4) is 0 Å². The normalized spacial score (nSPS) is 10.7. The van der Waals surface area contributed by atoms with Crippen LogP contribution in [-0.4, -0.2) is 21.0 Å². The van der Waals surface area contributed by atoms with Crippen LogP contribution in [0.25, 0.3) is 10.9 Å². The van der Waals surface area contributed by atoms with Crippen LogP contribution in [0.4, 0.5) is 17.2 Å². The summed E-state index contributed by atoms with van der Waals surface area (Å²) >= 11 is 0. The Balaban J connectivity index is 2.01. The van der Waals surface area contributed by atoms with Crippen molar-refractivity contribution in [3.63, 3.8) is 0 Å². The molecule has 0 aliphatic carbocycles. The number of aromatic carboxylic acids is 1. The first-order valence-corrected chi connectivity index (χ1v) is 8.54. The van der Waals surface area contributed by atoms with E-state index in [1.54, 1.807) is 18.2 Å². The van der Waals surface area contributed by atoms with Crippen molar-refractivity contribution in [2.24, 2.45) is 0 Å². The SMILES string of the molecule is Cc1ccccc1N(c1cccc(C(=O)O)c1)c1ncnc2ccccc12. The summed E-state index contributed by atoms with van der Waals surface area (Å²) in [5.74, 6) is -0.258. The zero-order valence-corrected chi connectivity index (χ0v) is 14.7.